The van der Waals surface area contributed by atoms with Gasteiger partial charge in [-0.3, -0.25) is 29.9 Å². The first-order chi connectivity index (χ1) is 18.8. The first kappa shape index (κ1) is 25.8. The lowest BCUT2D eigenvalue weighted by Gasteiger charge is -2.17. The van der Waals surface area contributed by atoms with Crippen LogP contribution in [-0.2, 0) is 4.79 Å². The Morgan fingerprint density at radius 1 is 0.897 bits per heavy atom. The van der Waals surface area contributed by atoms with Crippen molar-refractivity contribution in [1.29, 1.82) is 0 Å². The van der Waals surface area contributed by atoms with E-state index in [1.165, 1.54) is 29.8 Å². The Hall–Kier alpha value is -4.81. The molecule has 0 radical (unpaired) electrons. The van der Waals surface area contributed by atoms with Crippen molar-refractivity contribution in [3.63, 3.8) is 0 Å². The molecule has 1 fully saturated rings. The molecule has 1 heterocycles. The number of anilines is 1. The van der Waals surface area contributed by atoms with Crippen molar-refractivity contribution in [2.24, 2.45) is 0 Å². The monoisotopic (exact) mass is 559 g/mol. The van der Waals surface area contributed by atoms with Crippen LogP contribution in [0.3, 0.4) is 0 Å². The molecule has 0 aromatic heterocycles. The summed E-state index contributed by atoms with van der Waals surface area (Å²) in [5, 5.41) is 24.4. The summed E-state index contributed by atoms with van der Waals surface area (Å²) in [6, 6.07) is 21.3. The third-order valence-electron chi connectivity index (χ3n) is 5.86. The molecule has 0 unspecified atom stereocenters. The largest absolute Gasteiger partial charge is 0.493 e. The average molecular weight is 560 g/mol. The Balaban J connectivity index is 1.44. The molecule has 0 saturated carbocycles. The fraction of sp³-hybridized carbons (Fsp3) is 0.0370. The van der Waals surface area contributed by atoms with Crippen molar-refractivity contribution < 1.29 is 24.1 Å². The molecule has 12 heteroatoms. The second-order valence-corrected chi connectivity index (χ2v) is 9.87. The summed E-state index contributed by atoms with van der Waals surface area (Å²) in [6.45, 7) is 0. The summed E-state index contributed by atoms with van der Waals surface area (Å²) in [4.78, 5) is 36.3. The van der Waals surface area contributed by atoms with Gasteiger partial charge in [-0.25, -0.2) is 0 Å². The highest BCUT2D eigenvalue weighted by molar-refractivity contribution is 8.27. The van der Waals surface area contributed by atoms with Crippen LogP contribution in [0.1, 0.15) is 5.56 Å². The van der Waals surface area contributed by atoms with Gasteiger partial charge in [0.1, 0.15) is 0 Å². The Morgan fingerprint density at radius 3 is 2.38 bits per heavy atom. The molecule has 1 aliphatic rings. The number of benzene rings is 4. The van der Waals surface area contributed by atoms with Crippen LogP contribution < -0.4 is 14.4 Å². The van der Waals surface area contributed by atoms with Crippen LogP contribution >= 0.6 is 24.0 Å². The van der Waals surface area contributed by atoms with Gasteiger partial charge in [-0.05, 0) is 41.3 Å². The summed E-state index contributed by atoms with van der Waals surface area (Å²) in [5.41, 5.74) is 0.311. The normalized spacial score (nSPS) is 14.2. The highest BCUT2D eigenvalue weighted by atomic mass is 32.2. The number of nitro groups is 2. The number of amides is 1. The van der Waals surface area contributed by atoms with Crippen molar-refractivity contribution in [3.8, 4) is 17.2 Å². The number of non-ortho nitro benzene ring substituents is 1. The Kier molecular flexibility index (Phi) is 6.96. The number of carbonyl (C=O) groups excluding carboxylic acids is 1. The van der Waals surface area contributed by atoms with Crippen LogP contribution in [0, 0.1) is 20.2 Å². The summed E-state index contributed by atoms with van der Waals surface area (Å²) < 4.78 is 11.5. The van der Waals surface area contributed by atoms with E-state index in [9.17, 15) is 25.0 Å². The summed E-state index contributed by atoms with van der Waals surface area (Å²) in [7, 11) is 1.40. The molecule has 1 saturated heterocycles. The van der Waals surface area contributed by atoms with Crippen LogP contribution in [0.5, 0.6) is 17.2 Å². The van der Waals surface area contributed by atoms with Gasteiger partial charge in [-0.1, -0.05) is 66.4 Å². The SMILES string of the molecule is COc1cc(/C=C2\SC(=S)N(c3cccc4ccccc34)C2=O)ccc1Oc1ccc([N+](=O)[O-])cc1[N+](=O)[O-]. The fourth-order valence-electron chi connectivity index (χ4n) is 4.06. The van der Waals surface area contributed by atoms with Gasteiger partial charge in [0, 0.05) is 11.5 Å². The molecule has 1 aliphatic heterocycles. The summed E-state index contributed by atoms with van der Waals surface area (Å²) >= 11 is 6.72. The molecule has 39 heavy (non-hydrogen) atoms. The van der Waals surface area contributed by atoms with Gasteiger partial charge in [0.2, 0.25) is 5.75 Å². The van der Waals surface area contributed by atoms with Gasteiger partial charge in [0.15, 0.2) is 15.8 Å². The number of thioether (sulfide) groups is 1. The van der Waals surface area contributed by atoms with Crippen LogP contribution in [0.15, 0.2) is 83.8 Å². The second-order valence-electron chi connectivity index (χ2n) is 8.19. The molecule has 0 bridgehead atoms. The minimum Gasteiger partial charge on any atom is -0.493 e. The second kappa shape index (κ2) is 10.5. The first-order valence-corrected chi connectivity index (χ1v) is 12.5. The van der Waals surface area contributed by atoms with Gasteiger partial charge in [-0.2, -0.15) is 0 Å². The number of fused-ring (bicyclic) bond motifs is 1. The van der Waals surface area contributed by atoms with Gasteiger partial charge < -0.3 is 9.47 Å². The van der Waals surface area contributed by atoms with Gasteiger partial charge in [0.25, 0.3) is 11.6 Å². The molecule has 0 aliphatic carbocycles. The third-order valence-corrected chi connectivity index (χ3v) is 7.16. The number of hydrogen-bond donors (Lipinski definition) is 0. The lowest BCUT2D eigenvalue weighted by Crippen LogP contribution is -2.27. The van der Waals surface area contributed by atoms with Crippen LogP contribution in [0.4, 0.5) is 17.1 Å². The Labute approximate surface area is 230 Å². The lowest BCUT2D eigenvalue weighted by molar-refractivity contribution is -0.394. The van der Waals surface area contributed by atoms with Crippen molar-refractivity contribution in [3.05, 3.63) is 110 Å². The van der Waals surface area contributed by atoms with E-state index in [0.29, 0.717) is 20.5 Å². The fourth-order valence-corrected chi connectivity index (χ4v) is 5.34. The number of carbonyl (C=O) groups is 1. The van der Waals surface area contributed by atoms with Crippen molar-refractivity contribution >= 4 is 68.1 Å². The zero-order chi connectivity index (χ0) is 27.7. The number of rotatable bonds is 7. The van der Waals surface area contributed by atoms with Crippen molar-refractivity contribution in [2.45, 2.75) is 0 Å². The molecule has 0 spiro atoms. The number of thiocarbonyl (C=S) groups is 1. The molecule has 4 aromatic rings. The zero-order valence-corrected chi connectivity index (χ0v) is 21.7. The highest BCUT2D eigenvalue weighted by Gasteiger charge is 2.34. The van der Waals surface area contributed by atoms with Crippen LogP contribution in [0.2, 0.25) is 0 Å². The quantitative estimate of drug-likeness (QED) is 0.103. The minimum absolute atomic E-state index is 0.148. The number of ether oxygens (including phenoxy) is 2. The highest BCUT2D eigenvalue weighted by Crippen LogP contribution is 2.41. The Bertz CT molecular complexity index is 1720. The standard InChI is InChI=1S/C27H17N3O7S2/c1-36-24-13-16(9-11-23(24)37-22-12-10-18(29(32)33)15-21(22)30(34)35)14-25-26(31)28(27(38)39-25)20-8-4-6-17-5-2-3-7-19(17)20/h2-15H,1H3/b25-14-. The maximum Gasteiger partial charge on any atom is 0.318 e. The Morgan fingerprint density at radius 2 is 1.64 bits per heavy atom. The lowest BCUT2D eigenvalue weighted by atomic mass is 10.1. The van der Waals surface area contributed by atoms with E-state index >= 15 is 0 Å². The molecule has 0 atom stereocenters. The van der Waals surface area contributed by atoms with Gasteiger partial charge in [0.05, 0.1) is 33.6 Å². The van der Waals surface area contributed by atoms with E-state index in [1.807, 2.05) is 42.5 Å². The smallest absolute Gasteiger partial charge is 0.318 e. The van der Waals surface area contributed by atoms with E-state index in [0.717, 1.165) is 29.0 Å². The molecule has 5 rings (SSSR count). The molecule has 1 amide bonds. The summed E-state index contributed by atoms with van der Waals surface area (Å²) in [5.74, 6) is -0.0643. The number of nitro benzene ring substituents is 2. The predicted molar refractivity (Wildman–Crippen MR) is 152 cm³/mol. The molecular formula is C27H17N3O7S2. The number of methoxy groups -OCH3 is 1. The van der Waals surface area contributed by atoms with E-state index in [1.54, 1.807) is 18.2 Å². The van der Waals surface area contributed by atoms with E-state index in [-0.39, 0.29) is 23.2 Å². The molecule has 4 aromatic carbocycles. The third kappa shape index (κ3) is 5.02. The van der Waals surface area contributed by atoms with Crippen LogP contribution in [-0.4, -0.2) is 27.2 Å². The van der Waals surface area contributed by atoms with Crippen molar-refractivity contribution in [1.82, 2.24) is 0 Å². The maximum absolute atomic E-state index is 13.4. The number of hydrogen-bond acceptors (Lipinski definition) is 9. The predicted octanol–water partition coefficient (Wildman–Crippen LogP) is 6.86. The molecular weight excluding hydrogens is 542 g/mol. The minimum atomic E-state index is -0.763. The molecule has 10 nitrogen and oxygen atoms in total. The average Bonchev–Trinajstić information content (AvgIpc) is 3.20. The zero-order valence-electron chi connectivity index (χ0n) is 20.1. The van der Waals surface area contributed by atoms with Crippen molar-refractivity contribution in [2.75, 3.05) is 12.0 Å². The topological polar surface area (TPSA) is 125 Å². The van der Waals surface area contributed by atoms with E-state index < -0.39 is 21.2 Å². The molecule has 0 N–H and O–H groups in total. The van der Waals surface area contributed by atoms with Crippen LogP contribution in [0.25, 0.3) is 16.8 Å². The number of nitrogens with zero attached hydrogens (tertiary/aromatic N) is 3. The maximum atomic E-state index is 13.4. The molecule has 194 valence electrons. The van der Waals surface area contributed by atoms with E-state index in [2.05, 4.69) is 0 Å². The van der Waals surface area contributed by atoms with Gasteiger partial charge in [-0.15, -0.1) is 0 Å². The summed E-state index contributed by atoms with van der Waals surface area (Å²) in [6.07, 6.45) is 1.67. The van der Waals surface area contributed by atoms with E-state index in [4.69, 9.17) is 21.7 Å². The van der Waals surface area contributed by atoms with Gasteiger partial charge >= 0.3 is 5.69 Å². The first-order valence-electron chi connectivity index (χ1n) is 11.3.